The van der Waals surface area contributed by atoms with Crippen LogP contribution >= 0.6 is 0 Å². The lowest BCUT2D eigenvalue weighted by Gasteiger charge is -2.34. The highest BCUT2D eigenvalue weighted by Gasteiger charge is 2.38. The van der Waals surface area contributed by atoms with Gasteiger partial charge >= 0.3 is 0 Å². The quantitative estimate of drug-likeness (QED) is 0.786. The molecule has 7 heteroatoms. The van der Waals surface area contributed by atoms with E-state index in [-0.39, 0.29) is 11.9 Å². The van der Waals surface area contributed by atoms with Crippen LogP contribution in [0.25, 0.3) is 0 Å². The van der Waals surface area contributed by atoms with Crippen molar-refractivity contribution >= 4 is 5.91 Å². The van der Waals surface area contributed by atoms with Crippen molar-refractivity contribution in [1.29, 1.82) is 0 Å². The molecule has 3 rings (SSSR count). The van der Waals surface area contributed by atoms with Gasteiger partial charge in [0.1, 0.15) is 18.7 Å². The molecule has 0 N–H and O–H groups in total. The van der Waals surface area contributed by atoms with Gasteiger partial charge in [-0.2, -0.15) is 5.10 Å². The topological polar surface area (TPSA) is 63.5 Å². The summed E-state index contributed by atoms with van der Waals surface area (Å²) in [6, 6.07) is 0.156. The maximum absolute atomic E-state index is 12.6. The predicted octanol–water partition coefficient (Wildman–Crippen LogP) is 0.0182. The molecule has 1 aromatic rings. The van der Waals surface area contributed by atoms with E-state index in [0.29, 0.717) is 12.0 Å². The van der Waals surface area contributed by atoms with Gasteiger partial charge in [0.2, 0.25) is 5.91 Å². The Morgan fingerprint density at radius 2 is 2.10 bits per heavy atom. The zero-order valence-corrected chi connectivity index (χ0v) is 12.7. The summed E-state index contributed by atoms with van der Waals surface area (Å²) in [5.41, 5.74) is 0. The molecule has 21 heavy (non-hydrogen) atoms. The van der Waals surface area contributed by atoms with Crippen molar-refractivity contribution < 1.29 is 9.53 Å². The predicted molar refractivity (Wildman–Crippen MR) is 76.7 cm³/mol. The van der Waals surface area contributed by atoms with Gasteiger partial charge in [-0.3, -0.25) is 9.69 Å². The molecule has 0 radical (unpaired) electrons. The molecule has 3 heterocycles. The smallest absolute Gasteiger partial charge is 0.247 e. The monoisotopic (exact) mass is 293 g/mol. The number of likely N-dealkylation sites (tertiary alicyclic amines) is 1. The van der Waals surface area contributed by atoms with Gasteiger partial charge < -0.3 is 9.64 Å². The molecule has 2 aliphatic rings. The normalized spacial score (nSPS) is 28.8. The molecular weight excluding hydrogens is 270 g/mol. The third-order valence-electron chi connectivity index (χ3n) is 4.59. The Labute approximate surface area is 124 Å². The average Bonchev–Trinajstić information content (AvgIpc) is 3.16. The molecule has 1 amide bonds. The Morgan fingerprint density at radius 1 is 1.33 bits per heavy atom. The van der Waals surface area contributed by atoms with Gasteiger partial charge in [0.05, 0.1) is 13.2 Å². The summed E-state index contributed by atoms with van der Waals surface area (Å²) < 4.78 is 7.04. The van der Waals surface area contributed by atoms with Gasteiger partial charge in [0.15, 0.2) is 0 Å². The molecule has 0 spiro atoms. The molecule has 2 aliphatic heterocycles. The van der Waals surface area contributed by atoms with Gasteiger partial charge in [-0.25, -0.2) is 9.67 Å². The standard InChI is InChI=1S/C14H23N5O2/c1-11-7-18(8-13(11)17-3-5-21-6-4-17)14(20)12(2)19-10-15-9-16-19/h9-13H,3-8H2,1-2H3/t11-,12+,13-/m1/s1. The molecule has 116 valence electrons. The van der Waals surface area contributed by atoms with Crippen LogP contribution in [0, 0.1) is 5.92 Å². The van der Waals surface area contributed by atoms with Crippen LogP contribution in [0.3, 0.4) is 0 Å². The molecule has 3 atom stereocenters. The molecule has 0 saturated carbocycles. The molecule has 2 saturated heterocycles. The Morgan fingerprint density at radius 3 is 2.76 bits per heavy atom. The zero-order valence-electron chi connectivity index (χ0n) is 12.7. The van der Waals surface area contributed by atoms with E-state index >= 15 is 0 Å². The first kappa shape index (κ1) is 14.5. The third kappa shape index (κ3) is 2.94. The largest absolute Gasteiger partial charge is 0.379 e. The molecular formula is C14H23N5O2. The first-order chi connectivity index (χ1) is 10.2. The Bertz CT molecular complexity index is 472. The summed E-state index contributed by atoms with van der Waals surface area (Å²) in [7, 11) is 0. The highest BCUT2D eigenvalue weighted by atomic mass is 16.5. The summed E-state index contributed by atoms with van der Waals surface area (Å²) in [6.07, 6.45) is 3.06. The molecule has 0 bridgehead atoms. The van der Waals surface area contributed by atoms with E-state index in [9.17, 15) is 4.79 Å². The lowest BCUT2D eigenvalue weighted by Crippen LogP contribution is -2.47. The van der Waals surface area contributed by atoms with Crippen LogP contribution in [-0.2, 0) is 9.53 Å². The fourth-order valence-corrected chi connectivity index (χ4v) is 3.31. The van der Waals surface area contributed by atoms with Gasteiger partial charge in [-0.15, -0.1) is 0 Å². The fourth-order valence-electron chi connectivity index (χ4n) is 3.31. The number of morpholine rings is 1. The van der Waals surface area contributed by atoms with Crippen molar-refractivity contribution in [3.63, 3.8) is 0 Å². The molecule has 7 nitrogen and oxygen atoms in total. The van der Waals surface area contributed by atoms with E-state index in [2.05, 4.69) is 21.9 Å². The summed E-state index contributed by atoms with van der Waals surface area (Å²) in [5, 5.41) is 4.07. The molecule has 0 aliphatic carbocycles. The van der Waals surface area contributed by atoms with Crippen LogP contribution < -0.4 is 0 Å². The van der Waals surface area contributed by atoms with E-state index in [0.717, 1.165) is 39.4 Å². The minimum atomic E-state index is -0.289. The van der Waals surface area contributed by atoms with Gasteiger partial charge in [0.25, 0.3) is 0 Å². The van der Waals surface area contributed by atoms with Crippen molar-refractivity contribution in [1.82, 2.24) is 24.6 Å². The average molecular weight is 293 g/mol. The molecule has 0 unspecified atom stereocenters. The first-order valence-corrected chi connectivity index (χ1v) is 7.61. The highest BCUT2D eigenvalue weighted by Crippen LogP contribution is 2.24. The van der Waals surface area contributed by atoms with Crippen molar-refractivity contribution in [2.24, 2.45) is 5.92 Å². The SMILES string of the molecule is C[C@@H]1CN(C(=O)[C@H](C)n2cncn2)C[C@H]1N1CCOCC1. The van der Waals surface area contributed by atoms with E-state index in [1.54, 1.807) is 11.0 Å². The lowest BCUT2D eigenvalue weighted by atomic mass is 10.0. The summed E-state index contributed by atoms with van der Waals surface area (Å²) in [5.74, 6) is 0.623. The number of amides is 1. The highest BCUT2D eigenvalue weighted by molar-refractivity contribution is 5.80. The van der Waals surface area contributed by atoms with Gasteiger partial charge in [-0.05, 0) is 12.8 Å². The molecule has 0 aromatic carbocycles. The first-order valence-electron chi connectivity index (χ1n) is 7.61. The number of ether oxygens (including phenoxy) is 1. The molecule has 1 aromatic heterocycles. The van der Waals surface area contributed by atoms with Crippen LogP contribution in [0.2, 0.25) is 0 Å². The van der Waals surface area contributed by atoms with E-state index < -0.39 is 0 Å². The second kappa shape index (κ2) is 6.11. The van der Waals surface area contributed by atoms with E-state index in [1.807, 2.05) is 11.8 Å². The van der Waals surface area contributed by atoms with Gasteiger partial charge in [0, 0.05) is 32.2 Å². The zero-order chi connectivity index (χ0) is 14.8. The minimum absolute atomic E-state index is 0.128. The second-order valence-electron chi connectivity index (χ2n) is 5.99. The number of rotatable bonds is 3. The van der Waals surface area contributed by atoms with Crippen molar-refractivity contribution in [3.05, 3.63) is 12.7 Å². The maximum atomic E-state index is 12.6. The number of nitrogens with zero attached hydrogens (tertiary/aromatic N) is 5. The minimum Gasteiger partial charge on any atom is -0.379 e. The number of hydrogen-bond donors (Lipinski definition) is 0. The fraction of sp³-hybridized carbons (Fsp3) is 0.786. The van der Waals surface area contributed by atoms with Crippen LogP contribution in [0.5, 0.6) is 0 Å². The van der Waals surface area contributed by atoms with Crippen molar-refractivity contribution in [2.45, 2.75) is 25.9 Å². The van der Waals surface area contributed by atoms with Crippen LogP contribution in [-0.4, -0.2) is 75.9 Å². The van der Waals surface area contributed by atoms with E-state index in [4.69, 9.17) is 4.74 Å². The Hall–Kier alpha value is -1.47. The number of carbonyl (C=O) groups is 1. The molecule has 2 fully saturated rings. The van der Waals surface area contributed by atoms with Crippen LogP contribution in [0.4, 0.5) is 0 Å². The van der Waals surface area contributed by atoms with Crippen molar-refractivity contribution in [3.8, 4) is 0 Å². The number of aromatic nitrogens is 3. The van der Waals surface area contributed by atoms with Crippen molar-refractivity contribution in [2.75, 3.05) is 39.4 Å². The third-order valence-corrected chi connectivity index (χ3v) is 4.59. The van der Waals surface area contributed by atoms with E-state index in [1.165, 1.54) is 6.33 Å². The number of carbonyl (C=O) groups excluding carboxylic acids is 1. The second-order valence-corrected chi connectivity index (χ2v) is 5.99. The summed E-state index contributed by atoms with van der Waals surface area (Å²) in [6.45, 7) is 9.26. The van der Waals surface area contributed by atoms with Crippen LogP contribution in [0.15, 0.2) is 12.7 Å². The lowest BCUT2D eigenvalue weighted by molar-refractivity contribution is -0.133. The number of hydrogen-bond acceptors (Lipinski definition) is 5. The Balaban J connectivity index is 1.63. The van der Waals surface area contributed by atoms with Gasteiger partial charge in [-0.1, -0.05) is 6.92 Å². The summed E-state index contributed by atoms with van der Waals surface area (Å²) in [4.78, 5) is 21.0. The Kier molecular flexibility index (Phi) is 4.21. The maximum Gasteiger partial charge on any atom is 0.247 e. The van der Waals surface area contributed by atoms with Crippen LogP contribution in [0.1, 0.15) is 19.9 Å². The summed E-state index contributed by atoms with van der Waals surface area (Å²) >= 11 is 0.